The first kappa shape index (κ1) is 25.8. The maximum Gasteiger partial charge on any atom is 0.251 e. The largest absolute Gasteiger partial charge is 0.474 e. The fraction of sp³-hybridized carbons (Fsp3) is 0.333. The summed E-state index contributed by atoms with van der Waals surface area (Å²) in [6.45, 7) is 1.32. The van der Waals surface area contributed by atoms with Gasteiger partial charge in [0.2, 0.25) is 5.88 Å². The summed E-state index contributed by atoms with van der Waals surface area (Å²) in [5.41, 5.74) is 3.42. The Morgan fingerprint density at radius 2 is 1.95 bits per heavy atom. The number of nitrogens with zero attached hydrogens (tertiary/aromatic N) is 4. The van der Waals surface area contributed by atoms with Crippen molar-refractivity contribution >= 4 is 38.3 Å². The number of rotatable bonds is 6. The van der Waals surface area contributed by atoms with Gasteiger partial charge >= 0.3 is 0 Å². The Bertz CT molecular complexity index is 1770. The van der Waals surface area contributed by atoms with Crippen molar-refractivity contribution < 1.29 is 22.7 Å². The van der Waals surface area contributed by atoms with E-state index >= 15 is 0 Å². The van der Waals surface area contributed by atoms with Crippen LogP contribution in [0.15, 0.2) is 59.6 Å². The zero-order valence-electron chi connectivity index (χ0n) is 22.4. The number of pyridine rings is 3. The quantitative estimate of drug-likeness (QED) is 0.367. The SMILES string of the molecule is O=C(NCc1cc2nc(N3CCCc4ccc(OC5CC5)nc43)ccc2cn1)c1ccc2c(c1)S(=O)(=O)CCOC2. The number of hydrogen-bond donors (Lipinski definition) is 1. The van der Waals surface area contributed by atoms with Gasteiger partial charge < -0.3 is 19.7 Å². The zero-order chi connectivity index (χ0) is 28.0. The molecule has 3 aromatic heterocycles. The van der Waals surface area contributed by atoms with Gasteiger partial charge in [-0.1, -0.05) is 6.07 Å². The molecule has 1 fully saturated rings. The van der Waals surface area contributed by atoms with E-state index in [-0.39, 0.29) is 48.0 Å². The van der Waals surface area contributed by atoms with E-state index in [0.29, 0.717) is 17.1 Å². The molecule has 1 N–H and O–H groups in total. The van der Waals surface area contributed by atoms with Crippen LogP contribution in [0.4, 0.5) is 11.6 Å². The van der Waals surface area contributed by atoms with Crippen molar-refractivity contribution in [1.82, 2.24) is 20.3 Å². The van der Waals surface area contributed by atoms with Crippen LogP contribution in [0, 0.1) is 0 Å². The summed E-state index contributed by atoms with van der Waals surface area (Å²) in [5.74, 6) is 1.86. The summed E-state index contributed by atoms with van der Waals surface area (Å²) in [6.07, 6.45) is 6.15. The number of nitrogens with one attached hydrogen (secondary N) is 1. The van der Waals surface area contributed by atoms with Gasteiger partial charge in [-0.2, -0.15) is 4.98 Å². The lowest BCUT2D eigenvalue weighted by molar-refractivity contribution is 0.0950. The zero-order valence-corrected chi connectivity index (χ0v) is 23.2. The summed E-state index contributed by atoms with van der Waals surface area (Å²) >= 11 is 0. The van der Waals surface area contributed by atoms with E-state index in [4.69, 9.17) is 19.4 Å². The molecule has 1 aliphatic carbocycles. The Morgan fingerprint density at radius 1 is 1.07 bits per heavy atom. The molecule has 41 heavy (non-hydrogen) atoms. The highest BCUT2D eigenvalue weighted by Crippen LogP contribution is 2.35. The number of anilines is 2. The molecule has 0 spiro atoms. The second-order valence-electron chi connectivity index (χ2n) is 10.6. The Morgan fingerprint density at radius 3 is 2.83 bits per heavy atom. The summed E-state index contributed by atoms with van der Waals surface area (Å²) < 4.78 is 36.5. The molecule has 10 nitrogen and oxygen atoms in total. The number of carbonyl (C=O) groups excluding carboxylic acids is 1. The van der Waals surface area contributed by atoms with Crippen LogP contribution < -0.4 is 15.0 Å². The van der Waals surface area contributed by atoms with Crippen LogP contribution in [-0.4, -0.2) is 54.3 Å². The topological polar surface area (TPSA) is 124 Å². The second kappa shape index (κ2) is 10.4. The highest BCUT2D eigenvalue weighted by atomic mass is 32.2. The minimum absolute atomic E-state index is 0.102. The number of carbonyl (C=O) groups is 1. The van der Waals surface area contributed by atoms with E-state index in [1.807, 2.05) is 24.3 Å². The van der Waals surface area contributed by atoms with Gasteiger partial charge in [0.05, 0.1) is 41.6 Å². The Labute approximate surface area is 237 Å². The lowest BCUT2D eigenvalue weighted by Crippen LogP contribution is -2.26. The predicted molar refractivity (Wildman–Crippen MR) is 152 cm³/mol. The normalized spacial score (nSPS) is 17.8. The van der Waals surface area contributed by atoms with Gasteiger partial charge in [0, 0.05) is 29.8 Å². The summed E-state index contributed by atoms with van der Waals surface area (Å²) in [6, 6.07) is 14.6. The fourth-order valence-electron chi connectivity index (χ4n) is 5.20. The third kappa shape index (κ3) is 5.34. The first-order valence-electron chi connectivity index (χ1n) is 13.8. The highest BCUT2D eigenvalue weighted by molar-refractivity contribution is 7.91. The van der Waals surface area contributed by atoms with Crippen molar-refractivity contribution in [3.05, 3.63) is 77.1 Å². The standard InChI is InChI=1S/C30H29N5O5S/c36-30(20-3-4-22-18-39-12-13-41(37,38)26(22)14-20)32-17-23-15-25-21(16-31-23)5-9-27(33-25)35-11-1-2-19-6-10-28(34-29(19)35)40-24-7-8-24/h3-6,9-10,14-16,24H,1-2,7-8,11-13,17-18H2,(H,32,36). The number of ether oxygens (including phenoxy) is 2. The molecule has 5 heterocycles. The van der Waals surface area contributed by atoms with Crippen LogP contribution in [-0.2, 0) is 34.1 Å². The molecule has 1 amide bonds. The minimum atomic E-state index is -3.50. The van der Waals surface area contributed by atoms with Crippen LogP contribution in [0.3, 0.4) is 0 Å². The molecule has 0 radical (unpaired) electrons. The number of amides is 1. The number of aromatic nitrogens is 3. The first-order valence-corrected chi connectivity index (χ1v) is 15.5. The van der Waals surface area contributed by atoms with Gasteiger partial charge in [0.25, 0.3) is 5.91 Å². The van der Waals surface area contributed by atoms with Gasteiger partial charge in [-0.3, -0.25) is 9.78 Å². The minimum Gasteiger partial charge on any atom is -0.474 e. The molecular formula is C30H29N5O5S. The molecule has 1 aromatic carbocycles. The molecule has 0 atom stereocenters. The van der Waals surface area contributed by atoms with Crippen molar-refractivity contribution in [2.24, 2.45) is 0 Å². The van der Waals surface area contributed by atoms with Gasteiger partial charge in [-0.15, -0.1) is 0 Å². The van der Waals surface area contributed by atoms with Crippen LogP contribution in [0.5, 0.6) is 5.88 Å². The number of sulfone groups is 1. The van der Waals surface area contributed by atoms with E-state index in [0.717, 1.165) is 54.8 Å². The molecule has 7 rings (SSSR count). The Hall–Kier alpha value is -4.09. The van der Waals surface area contributed by atoms with Crippen molar-refractivity contribution in [3.63, 3.8) is 0 Å². The molecule has 3 aliphatic rings. The van der Waals surface area contributed by atoms with Gasteiger partial charge in [0.15, 0.2) is 9.84 Å². The first-order chi connectivity index (χ1) is 19.9. The van der Waals surface area contributed by atoms with Crippen molar-refractivity contribution in [1.29, 1.82) is 0 Å². The molecule has 0 saturated heterocycles. The third-order valence-electron chi connectivity index (χ3n) is 7.57. The van der Waals surface area contributed by atoms with E-state index in [1.54, 1.807) is 18.3 Å². The van der Waals surface area contributed by atoms with Crippen molar-refractivity contribution in [2.75, 3.05) is 23.8 Å². The van der Waals surface area contributed by atoms with Crippen LogP contribution in [0.2, 0.25) is 0 Å². The molecule has 0 bridgehead atoms. The lowest BCUT2D eigenvalue weighted by Gasteiger charge is -2.29. The third-order valence-corrected chi connectivity index (χ3v) is 9.32. The van der Waals surface area contributed by atoms with Gasteiger partial charge in [0.1, 0.15) is 17.7 Å². The Balaban J connectivity index is 1.10. The molecule has 2 aliphatic heterocycles. The molecule has 4 aromatic rings. The number of fused-ring (bicyclic) bond motifs is 3. The van der Waals surface area contributed by atoms with E-state index < -0.39 is 9.84 Å². The van der Waals surface area contributed by atoms with E-state index in [1.165, 1.54) is 11.6 Å². The average Bonchev–Trinajstić information content (AvgIpc) is 3.82. The number of hydrogen-bond acceptors (Lipinski definition) is 9. The monoisotopic (exact) mass is 571 g/mol. The Kier molecular flexibility index (Phi) is 6.55. The maximum absolute atomic E-state index is 12.9. The van der Waals surface area contributed by atoms with E-state index in [9.17, 15) is 13.2 Å². The summed E-state index contributed by atoms with van der Waals surface area (Å²) in [5, 5.41) is 3.74. The highest BCUT2D eigenvalue weighted by Gasteiger charge is 2.27. The molecule has 1 saturated carbocycles. The van der Waals surface area contributed by atoms with Crippen molar-refractivity contribution in [3.8, 4) is 5.88 Å². The molecule has 11 heteroatoms. The van der Waals surface area contributed by atoms with Crippen LogP contribution >= 0.6 is 0 Å². The lowest BCUT2D eigenvalue weighted by atomic mass is 10.1. The van der Waals surface area contributed by atoms with E-state index in [2.05, 4.69) is 21.3 Å². The summed E-state index contributed by atoms with van der Waals surface area (Å²) in [7, 11) is -3.50. The smallest absolute Gasteiger partial charge is 0.251 e. The average molecular weight is 572 g/mol. The predicted octanol–water partition coefficient (Wildman–Crippen LogP) is 3.88. The van der Waals surface area contributed by atoms with Crippen LogP contribution in [0.25, 0.3) is 10.9 Å². The van der Waals surface area contributed by atoms with Gasteiger partial charge in [-0.05, 0) is 73.2 Å². The summed E-state index contributed by atoms with van der Waals surface area (Å²) in [4.78, 5) is 29.5. The number of benzene rings is 1. The number of aryl methyl sites for hydroxylation is 1. The van der Waals surface area contributed by atoms with Crippen molar-refractivity contribution in [2.45, 2.75) is 49.8 Å². The molecular weight excluding hydrogens is 542 g/mol. The molecule has 0 unspecified atom stereocenters. The maximum atomic E-state index is 12.9. The van der Waals surface area contributed by atoms with Crippen LogP contribution in [0.1, 0.15) is 46.4 Å². The molecule has 210 valence electrons. The second-order valence-corrected chi connectivity index (χ2v) is 12.7. The fourth-order valence-corrected chi connectivity index (χ4v) is 6.59. The van der Waals surface area contributed by atoms with Gasteiger partial charge in [-0.25, -0.2) is 13.4 Å².